The molecule has 26 heavy (non-hydrogen) atoms. The number of esters is 1. The fourth-order valence-corrected chi connectivity index (χ4v) is 3.94. The van der Waals surface area contributed by atoms with E-state index in [0.29, 0.717) is 5.56 Å². The van der Waals surface area contributed by atoms with Crippen LogP contribution in [0.5, 0.6) is 0 Å². The van der Waals surface area contributed by atoms with E-state index in [4.69, 9.17) is 4.74 Å². The van der Waals surface area contributed by atoms with E-state index >= 15 is 0 Å². The van der Waals surface area contributed by atoms with Crippen molar-refractivity contribution in [3.8, 4) is 0 Å². The number of fused-ring (bicyclic) bond motifs is 1. The number of carbonyl (C=O) groups excluding carboxylic acids is 2. The molecule has 1 atom stereocenters. The van der Waals surface area contributed by atoms with Gasteiger partial charge in [0.25, 0.3) is 5.91 Å². The zero-order chi connectivity index (χ0) is 18.7. The van der Waals surface area contributed by atoms with Crippen molar-refractivity contribution in [1.29, 1.82) is 0 Å². The molecule has 0 radical (unpaired) electrons. The largest absolute Gasteiger partial charge is 0.452 e. The third-order valence-corrected chi connectivity index (χ3v) is 5.23. The number of rotatable bonds is 5. The molecule has 3 rings (SSSR count). The Kier molecular flexibility index (Phi) is 5.38. The molecule has 0 saturated heterocycles. The number of aryl methyl sites for hydroxylation is 2. The molecular formula is C21H21NO3S. The minimum Gasteiger partial charge on any atom is -0.452 e. The first-order valence-electron chi connectivity index (χ1n) is 8.47. The molecule has 3 aromatic rings. The second-order valence-corrected chi connectivity index (χ2v) is 7.72. The molecule has 0 fully saturated rings. The number of amides is 1. The molecule has 1 aromatic heterocycles. The van der Waals surface area contributed by atoms with Gasteiger partial charge in [-0.05, 0) is 43.2 Å². The Bertz CT molecular complexity index is 956. The lowest BCUT2D eigenvalue weighted by Gasteiger charge is -2.16. The van der Waals surface area contributed by atoms with Crippen molar-refractivity contribution in [2.45, 2.75) is 26.8 Å². The first kappa shape index (κ1) is 18.1. The van der Waals surface area contributed by atoms with Gasteiger partial charge in [0.15, 0.2) is 6.61 Å². The highest BCUT2D eigenvalue weighted by Gasteiger charge is 2.17. The Hall–Kier alpha value is -2.66. The van der Waals surface area contributed by atoms with Crippen LogP contribution in [0, 0.1) is 13.8 Å². The number of thiophene rings is 1. The van der Waals surface area contributed by atoms with Gasteiger partial charge in [-0.25, -0.2) is 4.79 Å². The summed E-state index contributed by atoms with van der Waals surface area (Å²) < 4.78 is 5.16. The Morgan fingerprint density at radius 2 is 1.85 bits per heavy atom. The predicted octanol–water partition coefficient (Wildman–Crippen LogP) is 4.55. The van der Waals surface area contributed by atoms with Gasteiger partial charge in [0.05, 0.1) is 11.6 Å². The van der Waals surface area contributed by atoms with Crippen LogP contribution in [-0.4, -0.2) is 18.5 Å². The molecule has 0 aliphatic heterocycles. The van der Waals surface area contributed by atoms with Crippen LogP contribution in [0.2, 0.25) is 0 Å². The van der Waals surface area contributed by atoms with Gasteiger partial charge in [0.1, 0.15) is 0 Å². The number of nitrogens with one attached hydrogen (secondary N) is 1. The molecule has 4 nitrogen and oxygen atoms in total. The Balaban J connectivity index is 1.62. The number of hydrogen-bond donors (Lipinski definition) is 1. The summed E-state index contributed by atoms with van der Waals surface area (Å²) in [5.41, 5.74) is 1.56. The molecule has 0 saturated carbocycles. The lowest BCUT2D eigenvalue weighted by Crippen LogP contribution is -2.31. The highest BCUT2D eigenvalue weighted by atomic mass is 32.1. The first-order chi connectivity index (χ1) is 12.5. The average molecular weight is 367 g/mol. The zero-order valence-electron chi connectivity index (χ0n) is 15.0. The molecule has 1 amide bonds. The molecule has 0 aliphatic carbocycles. The van der Waals surface area contributed by atoms with Crippen LogP contribution in [0.3, 0.4) is 0 Å². The molecular weight excluding hydrogens is 346 g/mol. The van der Waals surface area contributed by atoms with Crippen molar-refractivity contribution in [2.75, 3.05) is 6.61 Å². The molecule has 1 N–H and O–H groups in total. The Labute approximate surface area is 156 Å². The van der Waals surface area contributed by atoms with E-state index in [0.717, 1.165) is 26.1 Å². The lowest BCUT2D eigenvalue weighted by atomic mass is 10.00. The SMILES string of the molecule is Cc1cc(C(=O)OCC(=O)N[C@H](C)c2cccc3ccccc23)c(C)s1. The Morgan fingerprint density at radius 1 is 1.12 bits per heavy atom. The Morgan fingerprint density at radius 3 is 2.58 bits per heavy atom. The van der Waals surface area contributed by atoms with Gasteiger partial charge in [-0.2, -0.15) is 0 Å². The van der Waals surface area contributed by atoms with E-state index in [1.807, 2.05) is 63.2 Å². The minimum atomic E-state index is -0.459. The van der Waals surface area contributed by atoms with Gasteiger partial charge < -0.3 is 10.1 Å². The van der Waals surface area contributed by atoms with Gasteiger partial charge >= 0.3 is 5.97 Å². The van der Waals surface area contributed by atoms with Crippen LogP contribution < -0.4 is 5.32 Å². The molecule has 0 bridgehead atoms. The summed E-state index contributed by atoms with van der Waals surface area (Å²) in [6.45, 7) is 5.44. The average Bonchev–Trinajstić information content (AvgIpc) is 2.97. The molecule has 0 unspecified atom stereocenters. The highest BCUT2D eigenvalue weighted by Crippen LogP contribution is 2.24. The van der Waals surface area contributed by atoms with Crippen LogP contribution in [0.1, 0.15) is 38.6 Å². The highest BCUT2D eigenvalue weighted by molar-refractivity contribution is 7.12. The maximum Gasteiger partial charge on any atom is 0.339 e. The molecule has 5 heteroatoms. The fourth-order valence-electron chi connectivity index (χ4n) is 3.03. The van der Waals surface area contributed by atoms with Crippen molar-refractivity contribution in [1.82, 2.24) is 5.32 Å². The van der Waals surface area contributed by atoms with E-state index < -0.39 is 5.97 Å². The fraction of sp³-hybridized carbons (Fsp3) is 0.238. The van der Waals surface area contributed by atoms with Crippen LogP contribution >= 0.6 is 11.3 Å². The van der Waals surface area contributed by atoms with Crippen molar-refractivity contribution in [3.05, 3.63) is 69.4 Å². The maximum atomic E-state index is 12.2. The van der Waals surface area contributed by atoms with E-state index in [1.54, 1.807) is 6.07 Å². The molecule has 2 aromatic carbocycles. The summed E-state index contributed by atoms with van der Waals surface area (Å²) >= 11 is 1.54. The van der Waals surface area contributed by atoms with Crippen LogP contribution in [0.4, 0.5) is 0 Å². The quantitative estimate of drug-likeness (QED) is 0.673. The summed E-state index contributed by atoms with van der Waals surface area (Å²) in [5, 5.41) is 5.13. The number of ether oxygens (including phenoxy) is 1. The van der Waals surface area contributed by atoms with Gasteiger partial charge in [0.2, 0.25) is 0 Å². The zero-order valence-corrected chi connectivity index (χ0v) is 15.9. The lowest BCUT2D eigenvalue weighted by molar-refractivity contribution is -0.124. The third kappa shape index (κ3) is 3.94. The van der Waals surface area contributed by atoms with E-state index in [2.05, 4.69) is 5.32 Å². The first-order valence-corrected chi connectivity index (χ1v) is 9.28. The number of benzene rings is 2. The number of hydrogen-bond acceptors (Lipinski definition) is 4. The van der Waals surface area contributed by atoms with Crippen LogP contribution in [-0.2, 0) is 9.53 Å². The molecule has 0 aliphatic rings. The van der Waals surface area contributed by atoms with Crippen molar-refractivity contribution >= 4 is 34.0 Å². The molecule has 0 spiro atoms. The van der Waals surface area contributed by atoms with Crippen LogP contribution in [0.15, 0.2) is 48.5 Å². The van der Waals surface area contributed by atoms with E-state index in [-0.39, 0.29) is 18.6 Å². The van der Waals surface area contributed by atoms with Gasteiger partial charge in [-0.15, -0.1) is 11.3 Å². The number of carbonyl (C=O) groups is 2. The van der Waals surface area contributed by atoms with Gasteiger partial charge in [0, 0.05) is 9.75 Å². The second kappa shape index (κ2) is 7.70. The van der Waals surface area contributed by atoms with Crippen molar-refractivity contribution in [3.63, 3.8) is 0 Å². The summed E-state index contributed by atoms with van der Waals surface area (Å²) in [4.78, 5) is 26.3. The topological polar surface area (TPSA) is 55.4 Å². The summed E-state index contributed by atoms with van der Waals surface area (Å²) in [6, 6.07) is 15.7. The summed E-state index contributed by atoms with van der Waals surface area (Å²) in [7, 11) is 0. The van der Waals surface area contributed by atoms with Crippen molar-refractivity contribution < 1.29 is 14.3 Å². The van der Waals surface area contributed by atoms with Crippen molar-refractivity contribution in [2.24, 2.45) is 0 Å². The maximum absolute atomic E-state index is 12.2. The standard InChI is InChI=1S/C21H21NO3S/c1-13-11-19(15(3)26-13)21(24)25-12-20(23)22-14(2)17-10-6-8-16-7-4-5-9-18(16)17/h4-11,14H,12H2,1-3H3,(H,22,23)/t14-/m1/s1. The third-order valence-electron chi connectivity index (χ3n) is 4.26. The molecule has 1 heterocycles. The van der Waals surface area contributed by atoms with Crippen LogP contribution in [0.25, 0.3) is 10.8 Å². The smallest absolute Gasteiger partial charge is 0.339 e. The second-order valence-electron chi connectivity index (χ2n) is 6.26. The minimum absolute atomic E-state index is 0.183. The predicted molar refractivity (Wildman–Crippen MR) is 105 cm³/mol. The van der Waals surface area contributed by atoms with Gasteiger partial charge in [-0.1, -0.05) is 42.5 Å². The monoisotopic (exact) mass is 367 g/mol. The summed E-state index contributed by atoms with van der Waals surface area (Å²) in [5.74, 6) is -0.775. The molecule has 134 valence electrons. The van der Waals surface area contributed by atoms with E-state index in [1.165, 1.54) is 11.3 Å². The van der Waals surface area contributed by atoms with Gasteiger partial charge in [-0.3, -0.25) is 4.79 Å². The summed E-state index contributed by atoms with van der Waals surface area (Å²) in [6.07, 6.45) is 0. The normalized spacial score (nSPS) is 12.0. The van der Waals surface area contributed by atoms with E-state index in [9.17, 15) is 9.59 Å².